The smallest absolute Gasteiger partial charge is 0.231 e. The summed E-state index contributed by atoms with van der Waals surface area (Å²) in [6.45, 7) is 0.293. The second-order valence-electron chi connectivity index (χ2n) is 2.68. The maximum Gasteiger partial charge on any atom is 0.231 e. The van der Waals surface area contributed by atoms with Gasteiger partial charge >= 0.3 is 0 Å². The molecule has 0 amide bonds. The number of hydrogen-bond acceptors (Lipinski definition) is 2. The van der Waals surface area contributed by atoms with Gasteiger partial charge in [-0.3, -0.25) is 0 Å². The fraction of sp³-hybridized carbons (Fsp3) is 0.200. The van der Waals surface area contributed by atoms with E-state index in [-0.39, 0.29) is 0 Å². The molecule has 0 aliphatic carbocycles. The highest BCUT2D eigenvalue weighted by atomic mass is 79.9. The number of fused-ring (bicyclic) bond motifs is 1. The molecule has 0 atom stereocenters. The van der Waals surface area contributed by atoms with Crippen LogP contribution in [0.2, 0.25) is 0 Å². The highest BCUT2D eigenvalue weighted by Crippen LogP contribution is 2.36. The predicted octanol–water partition coefficient (Wildman–Crippen LogP) is 2.35. The zero-order chi connectivity index (χ0) is 9.26. The zero-order valence-electron chi connectivity index (χ0n) is 6.84. The van der Waals surface area contributed by atoms with Gasteiger partial charge in [-0.05, 0) is 17.7 Å². The Balaban J connectivity index is 2.44. The van der Waals surface area contributed by atoms with Gasteiger partial charge in [0.1, 0.15) is 0 Å². The molecule has 66 valence electrons. The Morgan fingerprint density at radius 3 is 2.77 bits per heavy atom. The van der Waals surface area contributed by atoms with Gasteiger partial charge in [-0.2, -0.15) is 0 Å². The minimum Gasteiger partial charge on any atom is -0.454 e. The third kappa shape index (κ3) is 1.50. The number of rotatable bonds is 1. The molecule has 1 aromatic rings. The van der Waals surface area contributed by atoms with Gasteiger partial charge in [-0.1, -0.05) is 15.9 Å². The molecule has 0 saturated heterocycles. The van der Waals surface area contributed by atoms with Crippen LogP contribution in [0.25, 0.3) is 0 Å². The first-order valence-corrected chi connectivity index (χ1v) is 4.62. The molecule has 0 unspecified atom stereocenters. The summed E-state index contributed by atoms with van der Waals surface area (Å²) >= 11 is 3.42. The van der Waals surface area contributed by atoms with Crippen molar-refractivity contribution in [3.05, 3.63) is 22.2 Å². The monoisotopic (exact) mass is 238 g/mol. The summed E-state index contributed by atoms with van der Waals surface area (Å²) in [4.78, 5) is 0. The van der Waals surface area contributed by atoms with Crippen molar-refractivity contribution < 1.29 is 9.47 Å². The van der Waals surface area contributed by atoms with Crippen molar-refractivity contribution in [1.29, 1.82) is 0 Å². The number of ether oxygens (including phenoxy) is 2. The van der Waals surface area contributed by atoms with E-state index < -0.39 is 0 Å². The summed E-state index contributed by atoms with van der Waals surface area (Å²) in [6, 6.07) is 3.79. The van der Waals surface area contributed by atoms with Crippen LogP contribution in [0.1, 0.15) is 5.56 Å². The van der Waals surface area contributed by atoms with Crippen molar-refractivity contribution in [2.75, 3.05) is 6.79 Å². The highest BCUT2D eigenvalue weighted by molar-refractivity contribution is 9.10. The number of hydrogen-bond donors (Lipinski definition) is 0. The van der Waals surface area contributed by atoms with Crippen LogP contribution < -0.4 is 9.47 Å². The first kappa shape index (κ1) is 8.46. The van der Waals surface area contributed by atoms with Crippen LogP contribution >= 0.6 is 15.9 Å². The number of terminal acetylenes is 1. The molecule has 1 aliphatic heterocycles. The van der Waals surface area contributed by atoms with Crippen LogP contribution in [0, 0.1) is 12.3 Å². The quantitative estimate of drug-likeness (QED) is 0.700. The molecule has 0 aromatic heterocycles. The van der Waals surface area contributed by atoms with Gasteiger partial charge in [0.15, 0.2) is 11.5 Å². The van der Waals surface area contributed by atoms with E-state index in [1.165, 1.54) is 0 Å². The molecule has 1 heterocycles. The van der Waals surface area contributed by atoms with Crippen molar-refractivity contribution in [3.63, 3.8) is 0 Å². The third-order valence-electron chi connectivity index (χ3n) is 1.83. The summed E-state index contributed by atoms with van der Waals surface area (Å²) in [5.41, 5.74) is 1.05. The van der Waals surface area contributed by atoms with Gasteiger partial charge in [0.25, 0.3) is 0 Å². The molecule has 2 nitrogen and oxygen atoms in total. The van der Waals surface area contributed by atoms with Gasteiger partial charge in [-0.15, -0.1) is 12.3 Å². The van der Waals surface area contributed by atoms with Crippen LogP contribution in [0.4, 0.5) is 0 Å². The number of halogens is 1. The van der Waals surface area contributed by atoms with Gasteiger partial charge in [0, 0.05) is 10.9 Å². The molecule has 0 N–H and O–H groups in total. The lowest BCUT2D eigenvalue weighted by molar-refractivity contribution is 0.174. The molecular formula is C10H7BrO2. The summed E-state index contributed by atoms with van der Waals surface area (Å²) in [5.74, 6) is 4.13. The largest absolute Gasteiger partial charge is 0.454 e. The van der Waals surface area contributed by atoms with Gasteiger partial charge in [0.2, 0.25) is 6.79 Å². The van der Waals surface area contributed by atoms with E-state index in [1.54, 1.807) is 0 Å². The average molecular weight is 239 g/mol. The lowest BCUT2D eigenvalue weighted by Crippen LogP contribution is -1.92. The summed E-state index contributed by atoms with van der Waals surface area (Å²) in [5, 5.41) is 0. The summed E-state index contributed by atoms with van der Waals surface area (Å²) in [6.07, 6.45) is 5.83. The second-order valence-corrected chi connectivity index (χ2v) is 3.53. The maximum atomic E-state index is 5.23. The molecular weight excluding hydrogens is 232 g/mol. The topological polar surface area (TPSA) is 18.5 Å². The van der Waals surface area contributed by atoms with Gasteiger partial charge in [-0.25, -0.2) is 0 Å². The van der Waals surface area contributed by atoms with Crippen molar-refractivity contribution >= 4 is 15.9 Å². The van der Waals surface area contributed by atoms with Crippen LogP contribution in [0.15, 0.2) is 16.6 Å². The Hall–Kier alpha value is -1.14. The molecule has 0 saturated carbocycles. The minimum atomic E-state index is 0.293. The molecule has 0 fully saturated rings. The Bertz CT molecular complexity index is 379. The van der Waals surface area contributed by atoms with Gasteiger partial charge < -0.3 is 9.47 Å². The summed E-state index contributed by atoms with van der Waals surface area (Å²) in [7, 11) is 0. The molecule has 1 aromatic carbocycles. The van der Waals surface area contributed by atoms with Crippen LogP contribution in [-0.2, 0) is 6.42 Å². The average Bonchev–Trinajstić information content (AvgIpc) is 2.52. The van der Waals surface area contributed by atoms with E-state index in [9.17, 15) is 0 Å². The fourth-order valence-electron chi connectivity index (χ4n) is 1.20. The van der Waals surface area contributed by atoms with E-state index in [0.29, 0.717) is 13.2 Å². The van der Waals surface area contributed by atoms with E-state index in [1.807, 2.05) is 12.1 Å². The Labute approximate surface area is 85.0 Å². The molecule has 0 bridgehead atoms. The molecule has 1 aliphatic rings. The fourth-order valence-corrected chi connectivity index (χ4v) is 1.67. The molecule has 0 spiro atoms. The Kier molecular flexibility index (Phi) is 2.15. The first-order valence-electron chi connectivity index (χ1n) is 3.83. The molecule has 2 rings (SSSR count). The highest BCUT2D eigenvalue weighted by Gasteiger charge is 2.15. The van der Waals surface area contributed by atoms with E-state index in [2.05, 4.69) is 21.9 Å². The predicted molar refractivity (Wildman–Crippen MR) is 52.8 cm³/mol. The van der Waals surface area contributed by atoms with E-state index >= 15 is 0 Å². The SMILES string of the molecule is C#CCc1cc2c(cc1Br)OCO2. The molecule has 13 heavy (non-hydrogen) atoms. The molecule has 3 heteroatoms. The van der Waals surface area contributed by atoms with Crippen molar-refractivity contribution in [3.8, 4) is 23.8 Å². The second kappa shape index (κ2) is 3.31. The number of benzene rings is 1. The zero-order valence-corrected chi connectivity index (χ0v) is 8.43. The van der Waals surface area contributed by atoms with Crippen LogP contribution in [0.3, 0.4) is 0 Å². The van der Waals surface area contributed by atoms with Crippen molar-refractivity contribution in [1.82, 2.24) is 0 Å². The minimum absolute atomic E-state index is 0.293. The normalized spacial score (nSPS) is 12.6. The maximum absolute atomic E-state index is 5.23. The Morgan fingerprint density at radius 1 is 1.38 bits per heavy atom. The van der Waals surface area contributed by atoms with Crippen molar-refractivity contribution in [2.45, 2.75) is 6.42 Å². The lowest BCUT2D eigenvalue weighted by Gasteiger charge is -2.02. The van der Waals surface area contributed by atoms with E-state index in [4.69, 9.17) is 15.9 Å². The van der Waals surface area contributed by atoms with Crippen molar-refractivity contribution in [2.24, 2.45) is 0 Å². The van der Waals surface area contributed by atoms with Gasteiger partial charge in [0.05, 0.1) is 0 Å². The Morgan fingerprint density at radius 2 is 2.08 bits per heavy atom. The standard InChI is InChI=1S/C10H7BrO2/c1-2-3-7-4-9-10(5-8(7)11)13-6-12-9/h1,4-5H,3,6H2. The summed E-state index contributed by atoms with van der Waals surface area (Å²) < 4.78 is 11.4. The first-order chi connectivity index (χ1) is 6.31. The lowest BCUT2D eigenvalue weighted by atomic mass is 10.1. The molecule has 0 radical (unpaired) electrons. The van der Waals surface area contributed by atoms with Crippen LogP contribution in [-0.4, -0.2) is 6.79 Å². The van der Waals surface area contributed by atoms with Crippen LogP contribution in [0.5, 0.6) is 11.5 Å². The third-order valence-corrected chi connectivity index (χ3v) is 2.57. The van der Waals surface area contributed by atoms with E-state index in [0.717, 1.165) is 21.5 Å².